The summed E-state index contributed by atoms with van der Waals surface area (Å²) in [6.07, 6.45) is 3.57. The van der Waals surface area contributed by atoms with E-state index in [9.17, 15) is 4.79 Å². The van der Waals surface area contributed by atoms with Crippen molar-refractivity contribution in [1.29, 1.82) is 0 Å². The van der Waals surface area contributed by atoms with Crippen molar-refractivity contribution >= 4 is 29.0 Å². The first-order valence-electron chi connectivity index (χ1n) is 5.88. The number of alkyl halides is 1. The van der Waals surface area contributed by atoms with Crippen molar-refractivity contribution < 1.29 is 4.79 Å². The van der Waals surface area contributed by atoms with Crippen LogP contribution < -0.4 is 5.32 Å². The minimum Gasteiger partial charge on any atom is -0.351 e. The van der Waals surface area contributed by atoms with Gasteiger partial charge in [-0.05, 0) is 37.7 Å². The van der Waals surface area contributed by atoms with Crippen LogP contribution >= 0.6 is 23.1 Å². The van der Waals surface area contributed by atoms with Crippen LogP contribution in [0, 0.1) is 0 Å². The van der Waals surface area contributed by atoms with Gasteiger partial charge in [-0.2, -0.15) is 0 Å². The molecule has 1 N–H and O–H groups in total. The maximum absolute atomic E-state index is 11.8. The van der Waals surface area contributed by atoms with Crippen LogP contribution in [0.5, 0.6) is 0 Å². The Bertz CT molecular complexity index is 354. The fraction of sp³-hybridized carbons (Fsp3) is 0.727. The predicted octanol–water partition coefficient (Wildman–Crippen LogP) is 2.63. The minimum atomic E-state index is -0.0642. The number of nitrogens with one attached hydrogen (secondary N) is 1. The maximum atomic E-state index is 11.8. The van der Waals surface area contributed by atoms with Gasteiger partial charge in [0.2, 0.25) is 0 Å². The third-order valence-electron chi connectivity index (χ3n) is 2.31. The highest BCUT2D eigenvalue weighted by atomic mass is 35.5. The van der Waals surface area contributed by atoms with E-state index in [2.05, 4.69) is 21.8 Å². The van der Waals surface area contributed by atoms with Crippen molar-refractivity contribution in [1.82, 2.24) is 14.9 Å². The third kappa shape index (κ3) is 5.00. The van der Waals surface area contributed by atoms with Crippen LogP contribution in [0.1, 0.15) is 48.5 Å². The Hall–Kier alpha value is -0.680. The van der Waals surface area contributed by atoms with Crippen molar-refractivity contribution in [2.75, 3.05) is 6.54 Å². The second kappa shape index (κ2) is 7.61. The molecule has 4 nitrogen and oxygen atoms in total. The standard InChI is InChI=1S/C11H18ClN3OS/c1-3-5-9-10(17-15-14-9)11(16)13-7-4-6-8(2)12/h8H,3-7H2,1-2H3,(H,13,16). The molecular formula is C11H18ClN3OS. The van der Waals surface area contributed by atoms with E-state index in [0.29, 0.717) is 11.4 Å². The molecule has 0 bridgehead atoms. The lowest BCUT2D eigenvalue weighted by molar-refractivity contribution is 0.0956. The van der Waals surface area contributed by atoms with Crippen molar-refractivity contribution in [3.63, 3.8) is 0 Å². The Balaban J connectivity index is 2.38. The van der Waals surface area contributed by atoms with Gasteiger partial charge in [-0.3, -0.25) is 4.79 Å². The van der Waals surface area contributed by atoms with E-state index in [-0.39, 0.29) is 11.3 Å². The molecule has 0 aliphatic rings. The molecular weight excluding hydrogens is 258 g/mol. The highest BCUT2D eigenvalue weighted by molar-refractivity contribution is 7.08. The Morgan fingerprint density at radius 3 is 3.00 bits per heavy atom. The van der Waals surface area contributed by atoms with Crippen LogP contribution in [0.25, 0.3) is 0 Å². The summed E-state index contributed by atoms with van der Waals surface area (Å²) in [5, 5.41) is 7.00. The fourth-order valence-electron chi connectivity index (χ4n) is 1.45. The number of halogens is 1. The fourth-order valence-corrected chi connectivity index (χ4v) is 2.23. The first-order chi connectivity index (χ1) is 8.15. The van der Waals surface area contributed by atoms with E-state index in [1.807, 2.05) is 6.92 Å². The molecule has 0 aliphatic carbocycles. The lowest BCUT2D eigenvalue weighted by Crippen LogP contribution is -2.25. The highest BCUT2D eigenvalue weighted by Crippen LogP contribution is 2.12. The summed E-state index contributed by atoms with van der Waals surface area (Å²) in [7, 11) is 0. The highest BCUT2D eigenvalue weighted by Gasteiger charge is 2.14. The molecule has 1 aromatic rings. The Morgan fingerprint density at radius 1 is 1.59 bits per heavy atom. The Labute approximate surface area is 111 Å². The van der Waals surface area contributed by atoms with Gasteiger partial charge in [0.1, 0.15) is 4.88 Å². The zero-order valence-electron chi connectivity index (χ0n) is 10.2. The van der Waals surface area contributed by atoms with Gasteiger partial charge in [-0.25, -0.2) is 0 Å². The van der Waals surface area contributed by atoms with Gasteiger partial charge < -0.3 is 5.32 Å². The lowest BCUT2D eigenvalue weighted by Gasteiger charge is -2.05. The summed E-state index contributed by atoms with van der Waals surface area (Å²) in [6, 6.07) is 0. The predicted molar refractivity (Wildman–Crippen MR) is 70.8 cm³/mol. The Morgan fingerprint density at radius 2 is 2.35 bits per heavy atom. The molecule has 0 radical (unpaired) electrons. The van der Waals surface area contributed by atoms with Gasteiger partial charge in [0.25, 0.3) is 5.91 Å². The smallest absolute Gasteiger partial charge is 0.264 e. The van der Waals surface area contributed by atoms with Gasteiger partial charge in [-0.1, -0.05) is 17.8 Å². The molecule has 6 heteroatoms. The zero-order chi connectivity index (χ0) is 12.7. The molecule has 1 unspecified atom stereocenters. The molecule has 96 valence electrons. The first-order valence-corrected chi connectivity index (χ1v) is 7.09. The number of hydrogen-bond donors (Lipinski definition) is 1. The number of aryl methyl sites for hydroxylation is 1. The summed E-state index contributed by atoms with van der Waals surface area (Å²) in [6.45, 7) is 4.66. The molecule has 0 spiro atoms. The third-order valence-corrected chi connectivity index (χ3v) is 3.30. The molecule has 0 aliphatic heterocycles. The summed E-state index contributed by atoms with van der Waals surface area (Å²) in [5.74, 6) is -0.0642. The number of carbonyl (C=O) groups excluding carboxylic acids is 1. The summed E-state index contributed by atoms with van der Waals surface area (Å²) in [4.78, 5) is 12.5. The van der Waals surface area contributed by atoms with E-state index in [4.69, 9.17) is 11.6 Å². The van der Waals surface area contributed by atoms with Gasteiger partial charge in [0.05, 0.1) is 5.69 Å². The monoisotopic (exact) mass is 275 g/mol. The van der Waals surface area contributed by atoms with Crippen LogP contribution in [0.2, 0.25) is 0 Å². The van der Waals surface area contributed by atoms with Crippen molar-refractivity contribution in [2.24, 2.45) is 0 Å². The van der Waals surface area contributed by atoms with Crippen molar-refractivity contribution in [3.8, 4) is 0 Å². The molecule has 17 heavy (non-hydrogen) atoms. The van der Waals surface area contributed by atoms with Crippen LogP contribution in [-0.4, -0.2) is 27.4 Å². The summed E-state index contributed by atoms with van der Waals surface area (Å²) in [5.41, 5.74) is 0.806. The number of carbonyl (C=O) groups is 1. The second-order valence-electron chi connectivity index (χ2n) is 3.98. The van der Waals surface area contributed by atoms with E-state index >= 15 is 0 Å². The molecule has 0 saturated carbocycles. The Kier molecular flexibility index (Phi) is 6.44. The van der Waals surface area contributed by atoms with Crippen LogP contribution in [-0.2, 0) is 6.42 Å². The van der Waals surface area contributed by atoms with Gasteiger partial charge in [0.15, 0.2) is 0 Å². The topological polar surface area (TPSA) is 54.9 Å². The van der Waals surface area contributed by atoms with Gasteiger partial charge >= 0.3 is 0 Å². The molecule has 1 rings (SSSR count). The number of hydrogen-bond acceptors (Lipinski definition) is 4. The molecule has 1 aromatic heterocycles. The van der Waals surface area contributed by atoms with Gasteiger partial charge in [-0.15, -0.1) is 16.7 Å². The van der Waals surface area contributed by atoms with E-state index in [1.54, 1.807) is 0 Å². The molecule has 0 saturated heterocycles. The second-order valence-corrected chi connectivity index (χ2v) is 5.48. The largest absolute Gasteiger partial charge is 0.351 e. The van der Waals surface area contributed by atoms with Crippen LogP contribution in [0.15, 0.2) is 0 Å². The SMILES string of the molecule is CCCc1nnsc1C(=O)NCCCC(C)Cl. The average Bonchev–Trinajstić information content (AvgIpc) is 2.72. The average molecular weight is 276 g/mol. The van der Waals surface area contributed by atoms with Gasteiger partial charge in [0, 0.05) is 11.9 Å². The molecule has 1 amide bonds. The van der Waals surface area contributed by atoms with Crippen LogP contribution in [0.4, 0.5) is 0 Å². The number of rotatable bonds is 7. The van der Waals surface area contributed by atoms with Crippen molar-refractivity contribution in [2.45, 2.75) is 44.9 Å². The number of nitrogens with zero attached hydrogens (tertiary/aromatic N) is 2. The lowest BCUT2D eigenvalue weighted by atomic mass is 10.2. The number of aromatic nitrogens is 2. The van der Waals surface area contributed by atoms with Crippen molar-refractivity contribution in [3.05, 3.63) is 10.6 Å². The first kappa shape index (κ1) is 14.4. The minimum absolute atomic E-state index is 0.0642. The zero-order valence-corrected chi connectivity index (χ0v) is 11.8. The van der Waals surface area contributed by atoms with E-state index in [0.717, 1.165) is 42.9 Å². The maximum Gasteiger partial charge on any atom is 0.264 e. The molecule has 0 fully saturated rings. The summed E-state index contributed by atoms with van der Waals surface area (Å²) < 4.78 is 3.83. The molecule has 1 heterocycles. The van der Waals surface area contributed by atoms with E-state index in [1.165, 1.54) is 0 Å². The summed E-state index contributed by atoms with van der Waals surface area (Å²) >= 11 is 6.99. The molecule has 1 atom stereocenters. The van der Waals surface area contributed by atoms with Crippen LogP contribution in [0.3, 0.4) is 0 Å². The molecule has 0 aromatic carbocycles. The quantitative estimate of drug-likeness (QED) is 0.615. The number of amides is 1. The van der Waals surface area contributed by atoms with E-state index < -0.39 is 0 Å². The normalized spacial score (nSPS) is 12.4.